The third kappa shape index (κ3) is 5.17. The van der Waals surface area contributed by atoms with E-state index < -0.39 is 5.82 Å². The molecule has 0 bridgehead atoms. The van der Waals surface area contributed by atoms with Gasteiger partial charge >= 0.3 is 5.97 Å². The number of fused-ring (bicyclic) bond motifs is 1. The second-order valence-electron chi connectivity index (χ2n) is 7.39. The van der Waals surface area contributed by atoms with E-state index in [-0.39, 0.29) is 23.6 Å². The molecule has 1 aliphatic heterocycles. The van der Waals surface area contributed by atoms with Crippen molar-refractivity contribution in [2.75, 3.05) is 38.7 Å². The molecule has 168 valence electrons. The van der Waals surface area contributed by atoms with Gasteiger partial charge in [-0.1, -0.05) is 11.6 Å². The number of halogens is 2. The summed E-state index contributed by atoms with van der Waals surface area (Å²) in [5.74, 6) is 0.697. The number of methoxy groups -OCH3 is 1. The number of nitrogens with zero attached hydrogens (tertiary/aromatic N) is 3. The van der Waals surface area contributed by atoms with E-state index in [1.165, 1.54) is 12.1 Å². The fraction of sp³-hybridized carbons (Fsp3) is 0.318. The Balaban J connectivity index is 1.46. The molecule has 0 radical (unpaired) electrons. The summed E-state index contributed by atoms with van der Waals surface area (Å²) in [5, 5.41) is 3.78. The number of anilines is 2. The average Bonchev–Trinajstić information content (AvgIpc) is 2.75. The first-order valence-corrected chi connectivity index (χ1v) is 10.4. The van der Waals surface area contributed by atoms with E-state index in [0.29, 0.717) is 48.3 Å². The number of nitrogens with one attached hydrogen (secondary N) is 1. The van der Waals surface area contributed by atoms with E-state index in [9.17, 15) is 9.18 Å². The minimum atomic E-state index is -0.497. The van der Waals surface area contributed by atoms with Crippen LogP contribution in [0.3, 0.4) is 0 Å². The Kier molecular flexibility index (Phi) is 6.57. The molecule has 0 amide bonds. The lowest BCUT2D eigenvalue weighted by molar-refractivity contribution is -0.157. The summed E-state index contributed by atoms with van der Waals surface area (Å²) in [6.45, 7) is 3.76. The Morgan fingerprint density at radius 1 is 1.31 bits per heavy atom. The fourth-order valence-electron chi connectivity index (χ4n) is 3.44. The molecule has 0 saturated carbocycles. The van der Waals surface area contributed by atoms with Gasteiger partial charge in [-0.15, -0.1) is 0 Å². The first-order chi connectivity index (χ1) is 15.4. The molecule has 3 aromatic rings. The van der Waals surface area contributed by atoms with Gasteiger partial charge in [0.05, 0.1) is 24.2 Å². The van der Waals surface area contributed by atoms with Crippen molar-refractivity contribution in [2.45, 2.75) is 13.0 Å². The molecule has 0 aliphatic carbocycles. The van der Waals surface area contributed by atoms with Crippen LogP contribution in [0.1, 0.15) is 6.92 Å². The molecule has 0 spiro atoms. The molecular formula is C22H22ClFN4O4. The molecule has 2 aromatic carbocycles. The van der Waals surface area contributed by atoms with Gasteiger partial charge in [0.15, 0.2) is 11.5 Å². The number of rotatable bonds is 7. The zero-order chi connectivity index (χ0) is 22.7. The van der Waals surface area contributed by atoms with Crippen LogP contribution in [0, 0.1) is 5.82 Å². The second-order valence-corrected chi connectivity index (χ2v) is 7.80. The molecule has 1 saturated heterocycles. The topological polar surface area (TPSA) is 85.8 Å². The van der Waals surface area contributed by atoms with Gasteiger partial charge < -0.3 is 19.5 Å². The molecule has 8 nitrogen and oxygen atoms in total. The molecule has 2 heterocycles. The molecule has 1 aromatic heterocycles. The van der Waals surface area contributed by atoms with Gasteiger partial charge in [0.25, 0.3) is 0 Å². The van der Waals surface area contributed by atoms with E-state index in [4.69, 9.17) is 25.8 Å². The van der Waals surface area contributed by atoms with Crippen LogP contribution in [0.4, 0.5) is 16.0 Å². The van der Waals surface area contributed by atoms with E-state index in [1.807, 2.05) is 11.8 Å². The van der Waals surface area contributed by atoms with Crippen molar-refractivity contribution in [1.82, 2.24) is 14.9 Å². The van der Waals surface area contributed by atoms with Crippen LogP contribution in [0.2, 0.25) is 5.02 Å². The van der Waals surface area contributed by atoms with Gasteiger partial charge in [-0.2, -0.15) is 0 Å². The number of benzene rings is 2. The number of cyclic esters (lactones) is 1. The lowest BCUT2D eigenvalue weighted by atomic mass is 10.2. The summed E-state index contributed by atoms with van der Waals surface area (Å²) >= 11 is 5.83. The Morgan fingerprint density at radius 2 is 2.16 bits per heavy atom. The first-order valence-electron chi connectivity index (χ1n) is 10.0. The molecule has 10 heteroatoms. The van der Waals surface area contributed by atoms with Gasteiger partial charge in [0.1, 0.15) is 18.5 Å². The second kappa shape index (κ2) is 9.54. The minimum Gasteiger partial charge on any atom is -0.493 e. The van der Waals surface area contributed by atoms with Crippen molar-refractivity contribution in [3.05, 3.63) is 47.4 Å². The van der Waals surface area contributed by atoms with Crippen LogP contribution in [0.15, 0.2) is 36.5 Å². The van der Waals surface area contributed by atoms with Crippen LogP contribution in [0.5, 0.6) is 11.5 Å². The maximum absolute atomic E-state index is 13.4. The summed E-state index contributed by atoms with van der Waals surface area (Å²) in [6.07, 6.45) is 1.53. The van der Waals surface area contributed by atoms with Gasteiger partial charge in [0, 0.05) is 36.4 Å². The van der Waals surface area contributed by atoms with Crippen LogP contribution in [-0.4, -0.2) is 60.3 Å². The minimum absolute atomic E-state index is 0.00940. The summed E-state index contributed by atoms with van der Waals surface area (Å²) in [7, 11) is 1.55. The van der Waals surface area contributed by atoms with Gasteiger partial charge in [0.2, 0.25) is 5.95 Å². The lowest BCUT2D eigenvalue weighted by Gasteiger charge is -2.29. The van der Waals surface area contributed by atoms with Crippen molar-refractivity contribution in [1.29, 1.82) is 0 Å². The number of hydrogen-bond acceptors (Lipinski definition) is 8. The van der Waals surface area contributed by atoms with E-state index in [1.54, 1.807) is 31.5 Å². The van der Waals surface area contributed by atoms with Gasteiger partial charge in [-0.05, 0) is 31.2 Å². The van der Waals surface area contributed by atoms with Crippen LogP contribution >= 0.6 is 11.6 Å². The summed E-state index contributed by atoms with van der Waals surface area (Å²) < 4.78 is 29.9. The van der Waals surface area contributed by atoms with E-state index in [0.717, 1.165) is 5.39 Å². The summed E-state index contributed by atoms with van der Waals surface area (Å²) in [5.41, 5.74) is 1.21. The molecule has 32 heavy (non-hydrogen) atoms. The average molecular weight is 461 g/mol. The number of ether oxygens (including phenoxy) is 3. The summed E-state index contributed by atoms with van der Waals surface area (Å²) in [6, 6.07) is 7.85. The number of carbonyl (C=O) groups is 1. The fourth-order valence-corrected chi connectivity index (χ4v) is 3.62. The SMILES string of the molecule is COc1cc2nc(Nc3ccc(F)c(Cl)c3)ncc2cc1OCCN1CC(=O)O[C@@H](C)C1. The van der Waals surface area contributed by atoms with Gasteiger partial charge in [-0.25, -0.2) is 14.4 Å². The maximum Gasteiger partial charge on any atom is 0.320 e. The van der Waals surface area contributed by atoms with Crippen molar-refractivity contribution in [2.24, 2.45) is 0 Å². The predicted molar refractivity (Wildman–Crippen MR) is 118 cm³/mol. The zero-order valence-electron chi connectivity index (χ0n) is 17.6. The molecule has 1 atom stereocenters. The molecule has 4 rings (SSSR count). The highest BCUT2D eigenvalue weighted by molar-refractivity contribution is 6.31. The third-order valence-corrected chi connectivity index (χ3v) is 5.20. The molecule has 0 unspecified atom stereocenters. The smallest absolute Gasteiger partial charge is 0.320 e. The molecule has 1 fully saturated rings. The standard InChI is InChI=1S/C22H22ClFN4O4/c1-13-11-28(12-21(29)32-13)5-6-31-20-7-14-10-25-22(27-18(14)9-19(20)30-2)26-15-3-4-17(24)16(23)8-15/h3-4,7-10,13H,5-6,11-12H2,1-2H3,(H,25,26,27)/t13-/m0/s1. The van der Waals surface area contributed by atoms with Crippen molar-refractivity contribution in [3.63, 3.8) is 0 Å². The van der Waals surface area contributed by atoms with Crippen molar-refractivity contribution >= 4 is 40.1 Å². The van der Waals surface area contributed by atoms with E-state index >= 15 is 0 Å². The highest BCUT2D eigenvalue weighted by Gasteiger charge is 2.23. The van der Waals surface area contributed by atoms with Crippen LogP contribution < -0.4 is 14.8 Å². The predicted octanol–water partition coefficient (Wildman–Crippen LogP) is 3.80. The number of hydrogen-bond donors (Lipinski definition) is 1. The number of aromatic nitrogens is 2. The van der Waals surface area contributed by atoms with Crippen molar-refractivity contribution < 1.29 is 23.4 Å². The maximum atomic E-state index is 13.4. The van der Waals surface area contributed by atoms with Crippen molar-refractivity contribution in [3.8, 4) is 11.5 Å². The number of esters is 1. The molecule has 1 aliphatic rings. The third-order valence-electron chi connectivity index (χ3n) is 4.91. The quantitative estimate of drug-likeness (QED) is 0.533. The monoisotopic (exact) mass is 460 g/mol. The largest absolute Gasteiger partial charge is 0.493 e. The van der Waals surface area contributed by atoms with Crippen LogP contribution in [-0.2, 0) is 9.53 Å². The normalized spacial score (nSPS) is 16.6. The van der Waals surface area contributed by atoms with E-state index in [2.05, 4.69) is 15.3 Å². The number of morpholine rings is 1. The Bertz CT molecular complexity index is 1150. The van der Waals surface area contributed by atoms with Gasteiger partial charge in [-0.3, -0.25) is 9.69 Å². The molecular weight excluding hydrogens is 439 g/mol. The highest BCUT2D eigenvalue weighted by Crippen LogP contribution is 2.32. The molecule has 1 N–H and O–H groups in total. The lowest BCUT2D eigenvalue weighted by Crippen LogP contribution is -2.45. The Hall–Kier alpha value is -3.17. The first kappa shape index (κ1) is 22.0. The Morgan fingerprint density at radius 3 is 2.91 bits per heavy atom. The zero-order valence-corrected chi connectivity index (χ0v) is 18.4. The highest BCUT2D eigenvalue weighted by atomic mass is 35.5. The number of carbonyl (C=O) groups excluding carboxylic acids is 1. The Labute approximate surface area is 189 Å². The van der Waals surface area contributed by atoms with Crippen LogP contribution in [0.25, 0.3) is 10.9 Å². The summed E-state index contributed by atoms with van der Waals surface area (Å²) in [4.78, 5) is 22.4.